The van der Waals surface area contributed by atoms with Crippen LogP contribution in [0.5, 0.6) is 0 Å². The molecule has 1 heterocycles. The third kappa shape index (κ3) is 4.73. The Morgan fingerprint density at radius 2 is 2.14 bits per heavy atom. The van der Waals surface area contributed by atoms with E-state index < -0.39 is 25.7 Å². The molecule has 1 aromatic rings. The van der Waals surface area contributed by atoms with Gasteiger partial charge in [0, 0.05) is 42.0 Å². The van der Waals surface area contributed by atoms with Crippen LogP contribution in [0, 0.1) is 10.1 Å². The molecule has 2 N–H and O–H groups in total. The SMILES string of the molecule is CNc1sc(S(=O)(=O)NCCC(C)S(C)=O)cc1[N+](=O)[O-]. The minimum atomic E-state index is -3.80. The van der Waals surface area contributed by atoms with Crippen LogP contribution in [0.3, 0.4) is 0 Å². The molecule has 0 saturated carbocycles. The van der Waals surface area contributed by atoms with E-state index in [-0.39, 0.29) is 26.7 Å². The van der Waals surface area contributed by atoms with Crippen LogP contribution in [0.25, 0.3) is 0 Å². The van der Waals surface area contributed by atoms with Crippen LogP contribution in [0.4, 0.5) is 10.7 Å². The van der Waals surface area contributed by atoms with Gasteiger partial charge in [0.15, 0.2) is 5.00 Å². The molecule has 0 aliphatic rings. The summed E-state index contributed by atoms with van der Waals surface area (Å²) in [7, 11) is -3.34. The van der Waals surface area contributed by atoms with Gasteiger partial charge in [-0.15, -0.1) is 0 Å². The van der Waals surface area contributed by atoms with Gasteiger partial charge in [0.1, 0.15) is 4.21 Å². The van der Waals surface area contributed by atoms with E-state index in [4.69, 9.17) is 0 Å². The van der Waals surface area contributed by atoms with Gasteiger partial charge in [-0.25, -0.2) is 13.1 Å². The van der Waals surface area contributed by atoms with Gasteiger partial charge in [-0.2, -0.15) is 0 Å². The highest BCUT2D eigenvalue weighted by atomic mass is 32.2. The first-order valence-electron chi connectivity index (χ1n) is 5.97. The maximum atomic E-state index is 12.1. The van der Waals surface area contributed by atoms with Gasteiger partial charge in [0.2, 0.25) is 10.0 Å². The highest BCUT2D eigenvalue weighted by Gasteiger charge is 2.25. The zero-order chi connectivity index (χ0) is 16.2. The average molecular weight is 355 g/mol. The summed E-state index contributed by atoms with van der Waals surface area (Å²) in [5.74, 6) is 0. The first-order chi connectivity index (χ1) is 9.69. The predicted molar refractivity (Wildman–Crippen MR) is 83.9 cm³/mol. The van der Waals surface area contributed by atoms with Gasteiger partial charge >= 0.3 is 5.69 Å². The van der Waals surface area contributed by atoms with Gasteiger partial charge in [-0.05, 0) is 6.42 Å². The van der Waals surface area contributed by atoms with E-state index in [0.717, 1.165) is 17.4 Å². The average Bonchev–Trinajstić information content (AvgIpc) is 2.83. The van der Waals surface area contributed by atoms with Crippen molar-refractivity contribution in [1.29, 1.82) is 0 Å². The second-order valence-corrected chi connectivity index (χ2v) is 9.13. The van der Waals surface area contributed by atoms with E-state index in [1.54, 1.807) is 13.2 Å². The van der Waals surface area contributed by atoms with Gasteiger partial charge in [-0.1, -0.05) is 18.3 Å². The lowest BCUT2D eigenvalue weighted by Crippen LogP contribution is -2.27. The Hall–Kier alpha value is -1.04. The smallest absolute Gasteiger partial charge is 0.304 e. The standard InChI is InChI=1S/C10H17N3O5S3/c1-7(20(3)16)4-5-12-21(17,18)9-6-8(13(14)15)10(11-2)19-9/h6-7,11-12H,4-5H2,1-3H3. The molecule has 0 aliphatic heterocycles. The molecule has 1 aromatic heterocycles. The number of nitrogens with zero attached hydrogens (tertiary/aromatic N) is 1. The summed E-state index contributed by atoms with van der Waals surface area (Å²) < 4.78 is 37.5. The minimum Gasteiger partial charge on any atom is -0.374 e. The van der Waals surface area contributed by atoms with E-state index in [9.17, 15) is 22.7 Å². The summed E-state index contributed by atoms with van der Waals surface area (Å²) in [5.41, 5.74) is -0.272. The molecule has 0 amide bonds. The van der Waals surface area contributed by atoms with E-state index in [1.165, 1.54) is 7.05 Å². The molecule has 11 heteroatoms. The van der Waals surface area contributed by atoms with Crippen molar-refractivity contribution < 1.29 is 17.6 Å². The molecule has 21 heavy (non-hydrogen) atoms. The quantitative estimate of drug-likeness (QED) is 0.533. The van der Waals surface area contributed by atoms with E-state index in [0.29, 0.717) is 6.42 Å². The van der Waals surface area contributed by atoms with Crippen molar-refractivity contribution in [1.82, 2.24) is 4.72 Å². The summed E-state index contributed by atoms with van der Waals surface area (Å²) in [6.07, 6.45) is 1.98. The van der Waals surface area contributed by atoms with Crippen LogP contribution in [0.2, 0.25) is 0 Å². The monoisotopic (exact) mass is 355 g/mol. The van der Waals surface area contributed by atoms with Crippen molar-refractivity contribution >= 4 is 42.8 Å². The molecule has 2 unspecified atom stereocenters. The fourth-order valence-corrected chi connectivity index (χ4v) is 4.26. The number of hydrogen-bond acceptors (Lipinski definition) is 7. The van der Waals surface area contributed by atoms with Gasteiger partial charge in [-0.3, -0.25) is 14.3 Å². The molecule has 0 aromatic carbocycles. The Morgan fingerprint density at radius 3 is 2.57 bits per heavy atom. The Kier molecular flexibility index (Phi) is 6.25. The second-order valence-electron chi connectivity index (χ2n) is 4.28. The number of thiophene rings is 1. The topological polar surface area (TPSA) is 118 Å². The lowest BCUT2D eigenvalue weighted by Gasteiger charge is -2.08. The third-order valence-electron chi connectivity index (χ3n) is 2.79. The molecule has 2 atom stereocenters. The normalized spacial score (nSPS) is 14.6. The summed E-state index contributed by atoms with van der Waals surface area (Å²) in [4.78, 5) is 10.2. The fraction of sp³-hybridized carbons (Fsp3) is 0.600. The molecule has 0 aliphatic carbocycles. The predicted octanol–water partition coefficient (Wildman–Crippen LogP) is 1.13. The summed E-state index contributed by atoms with van der Waals surface area (Å²) in [6.45, 7) is 1.89. The molecule has 0 spiro atoms. The third-order valence-corrected chi connectivity index (χ3v) is 7.23. The van der Waals surface area contributed by atoms with E-state index in [1.807, 2.05) is 0 Å². The summed E-state index contributed by atoms with van der Waals surface area (Å²) in [5, 5.41) is 13.5. The molecule has 1 rings (SSSR count). The van der Waals surface area contributed by atoms with Crippen LogP contribution in [0.15, 0.2) is 10.3 Å². The van der Waals surface area contributed by atoms with Crippen LogP contribution in [-0.4, -0.2) is 42.6 Å². The Labute approximate surface area is 129 Å². The van der Waals surface area contributed by atoms with Crippen LogP contribution in [0.1, 0.15) is 13.3 Å². The van der Waals surface area contributed by atoms with Crippen molar-refractivity contribution in [3.8, 4) is 0 Å². The number of hydrogen-bond donors (Lipinski definition) is 2. The highest BCUT2D eigenvalue weighted by molar-refractivity contribution is 7.91. The van der Waals surface area contributed by atoms with Gasteiger partial charge in [0.05, 0.1) is 4.92 Å². The molecule has 120 valence electrons. The van der Waals surface area contributed by atoms with Crippen molar-refractivity contribution in [2.45, 2.75) is 22.8 Å². The Morgan fingerprint density at radius 1 is 1.52 bits per heavy atom. The van der Waals surface area contributed by atoms with E-state index >= 15 is 0 Å². The number of sulfonamides is 1. The molecular formula is C10H17N3O5S3. The first kappa shape index (κ1) is 18.0. The number of nitrogens with one attached hydrogen (secondary N) is 2. The zero-order valence-corrected chi connectivity index (χ0v) is 14.2. The van der Waals surface area contributed by atoms with Crippen molar-refractivity contribution in [3.63, 3.8) is 0 Å². The second kappa shape index (κ2) is 7.29. The molecule has 8 nitrogen and oxygen atoms in total. The molecule has 0 fully saturated rings. The maximum Gasteiger partial charge on any atom is 0.304 e. The van der Waals surface area contributed by atoms with Gasteiger partial charge < -0.3 is 5.32 Å². The van der Waals surface area contributed by atoms with Crippen molar-refractivity contribution in [3.05, 3.63) is 16.2 Å². The van der Waals surface area contributed by atoms with Crippen LogP contribution < -0.4 is 10.0 Å². The summed E-state index contributed by atoms with van der Waals surface area (Å²) in [6, 6.07) is 1.03. The van der Waals surface area contributed by atoms with Crippen molar-refractivity contribution in [2.24, 2.45) is 0 Å². The largest absolute Gasteiger partial charge is 0.374 e. The molecular weight excluding hydrogens is 338 g/mol. The number of anilines is 1. The highest BCUT2D eigenvalue weighted by Crippen LogP contribution is 2.36. The lowest BCUT2D eigenvalue weighted by atomic mass is 10.3. The lowest BCUT2D eigenvalue weighted by molar-refractivity contribution is -0.383. The van der Waals surface area contributed by atoms with Crippen LogP contribution >= 0.6 is 11.3 Å². The number of nitro groups is 1. The molecule has 0 bridgehead atoms. The number of rotatable bonds is 8. The Balaban J connectivity index is 2.84. The fourth-order valence-electron chi connectivity index (χ4n) is 1.44. The zero-order valence-electron chi connectivity index (χ0n) is 11.8. The Bertz CT molecular complexity index is 640. The van der Waals surface area contributed by atoms with Gasteiger partial charge in [0.25, 0.3) is 0 Å². The minimum absolute atomic E-state index is 0.121. The van der Waals surface area contributed by atoms with Crippen LogP contribution in [-0.2, 0) is 20.8 Å². The van der Waals surface area contributed by atoms with E-state index in [2.05, 4.69) is 10.0 Å². The summed E-state index contributed by atoms with van der Waals surface area (Å²) >= 11 is 0.797. The maximum absolute atomic E-state index is 12.1. The van der Waals surface area contributed by atoms with Crippen molar-refractivity contribution in [2.75, 3.05) is 25.2 Å². The molecule has 0 radical (unpaired) electrons. The first-order valence-corrected chi connectivity index (χ1v) is 9.89. The molecule has 0 saturated heterocycles.